The van der Waals surface area contributed by atoms with E-state index in [1.54, 1.807) is 0 Å². The van der Waals surface area contributed by atoms with Gasteiger partial charge in [0.25, 0.3) is 0 Å². The van der Waals surface area contributed by atoms with Crippen LogP contribution in [0.5, 0.6) is 0 Å². The van der Waals surface area contributed by atoms with Gasteiger partial charge in [-0.05, 0) is 49.2 Å². The summed E-state index contributed by atoms with van der Waals surface area (Å²) in [6, 6.07) is 15.4. The van der Waals surface area contributed by atoms with Crippen LogP contribution in [0.15, 0.2) is 48.5 Å². The van der Waals surface area contributed by atoms with E-state index in [-0.39, 0.29) is 18.5 Å². The molecule has 0 aliphatic carbocycles. The van der Waals surface area contributed by atoms with Gasteiger partial charge in [-0.1, -0.05) is 35.9 Å². The molecule has 0 aromatic heterocycles. The summed E-state index contributed by atoms with van der Waals surface area (Å²) < 4.78 is 0. The number of anilines is 1. The second kappa shape index (κ2) is 7.25. The van der Waals surface area contributed by atoms with E-state index < -0.39 is 0 Å². The summed E-state index contributed by atoms with van der Waals surface area (Å²) in [7, 11) is 0. The quantitative estimate of drug-likeness (QED) is 0.878. The van der Waals surface area contributed by atoms with E-state index in [2.05, 4.69) is 10.6 Å². The van der Waals surface area contributed by atoms with Gasteiger partial charge in [0.15, 0.2) is 0 Å². The number of benzene rings is 2. The smallest absolute Gasteiger partial charge is 0.238 e. The van der Waals surface area contributed by atoms with E-state index in [1.807, 2.05) is 62.4 Å². The molecule has 0 fully saturated rings. The van der Waals surface area contributed by atoms with Crippen LogP contribution in [0, 0.1) is 6.92 Å². The summed E-state index contributed by atoms with van der Waals surface area (Å²) in [5, 5.41) is 6.76. The third-order valence-electron chi connectivity index (χ3n) is 3.22. The Hall–Kier alpha value is -1.84. The van der Waals surface area contributed by atoms with Gasteiger partial charge in [0, 0.05) is 16.8 Å². The van der Waals surface area contributed by atoms with Crippen molar-refractivity contribution in [2.45, 2.75) is 19.9 Å². The molecule has 0 aliphatic heterocycles. The number of halogens is 1. The molecule has 2 aromatic carbocycles. The fraction of sp³-hybridized carbons (Fsp3) is 0.235. The number of hydrogen-bond acceptors (Lipinski definition) is 2. The van der Waals surface area contributed by atoms with Crippen molar-refractivity contribution in [1.29, 1.82) is 0 Å². The van der Waals surface area contributed by atoms with Crippen LogP contribution < -0.4 is 10.6 Å². The first kappa shape index (κ1) is 15.5. The number of carbonyl (C=O) groups is 1. The van der Waals surface area contributed by atoms with Crippen LogP contribution in [0.4, 0.5) is 5.69 Å². The lowest BCUT2D eigenvalue weighted by molar-refractivity contribution is -0.115. The van der Waals surface area contributed by atoms with Crippen LogP contribution in [0.2, 0.25) is 5.02 Å². The molecule has 3 nitrogen and oxygen atoms in total. The minimum Gasteiger partial charge on any atom is -0.325 e. The Labute approximate surface area is 130 Å². The highest BCUT2D eigenvalue weighted by atomic mass is 35.5. The maximum Gasteiger partial charge on any atom is 0.238 e. The summed E-state index contributed by atoms with van der Waals surface area (Å²) >= 11 is 5.97. The van der Waals surface area contributed by atoms with Crippen LogP contribution >= 0.6 is 11.6 Å². The van der Waals surface area contributed by atoms with Crippen molar-refractivity contribution in [3.63, 3.8) is 0 Å². The van der Waals surface area contributed by atoms with Crippen LogP contribution in [0.3, 0.4) is 0 Å². The lowest BCUT2D eigenvalue weighted by Gasteiger charge is -2.14. The van der Waals surface area contributed by atoms with Gasteiger partial charge in [-0.15, -0.1) is 0 Å². The Bertz CT molecular complexity index is 628. The molecule has 0 radical (unpaired) electrons. The Balaban J connectivity index is 1.86. The molecule has 0 saturated heterocycles. The van der Waals surface area contributed by atoms with Gasteiger partial charge in [-0.2, -0.15) is 0 Å². The molecule has 21 heavy (non-hydrogen) atoms. The SMILES string of the molecule is Cc1cccc(NC(=O)CN[C@H](C)c2cccc(Cl)c2)c1. The molecule has 0 heterocycles. The third kappa shape index (κ3) is 4.88. The maximum absolute atomic E-state index is 11.9. The summed E-state index contributed by atoms with van der Waals surface area (Å²) in [6.07, 6.45) is 0. The molecule has 0 saturated carbocycles. The zero-order chi connectivity index (χ0) is 15.2. The first-order valence-corrected chi connectivity index (χ1v) is 7.28. The van der Waals surface area contributed by atoms with Crippen molar-refractivity contribution in [3.05, 3.63) is 64.7 Å². The highest BCUT2D eigenvalue weighted by Gasteiger charge is 2.08. The van der Waals surface area contributed by atoms with Crippen LogP contribution in [-0.4, -0.2) is 12.5 Å². The molecular formula is C17H19ClN2O. The molecule has 2 rings (SSSR count). The van der Waals surface area contributed by atoms with Crippen LogP contribution in [0.25, 0.3) is 0 Å². The zero-order valence-electron chi connectivity index (χ0n) is 12.2. The summed E-state index contributed by atoms with van der Waals surface area (Å²) in [6.45, 7) is 4.25. The van der Waals surface area contributed by atoms with Gasteiger partial charge in [0.1, 0.15) is 0 Å². The number of rotatable bonds is 5. The Morgan fingerprint density at radius 2 is 1.95 bits per heavy atom. The van der Waals surface area contributed by atoms with Crippen molar-refractivity contribution >= 4 is 23.2 Å². The van der Waals surface area contributed by atoms with Crippen molar-refractivity contribution < 1.29 is 4.79 Å². The Kier molecular flexibility index (Phi) is 5.37. The number of aryl methyl sites for hydroxylation is 1. The first-order valence-electron chi connectivity index (χ1n) is 6.90. The lowest BCUT2D eigenvalue weighted by Crippen LogP contribution is -2.30. The molecule has 0 aliphatic rings. The van der Waals surface area contributed by atoms with E-state index in [9.17, 15) is 4.79 Å². The van der Waals surface area contributed by atoms with Crippen molar-refractivity contribution in [3.8, 4) is 0 Å². The van der Waals surface area contributed by atoms with Gasteiger partial charge < -0.3 is 10.6 Å². The molecule has 1 atom stereocenters. The van der Waals surface area contributed by atoms with E-state index >= 15 is 0 Å². The predicted molar refractivity (Wildman–Crippen MR) is 87.7 cm³/mol. The topological polar surface area (TPSA) is 41.1 Å². The van der Waals surface area contributed by atoms with Crippen LogP contribution in [0.1, 0.15) is 24.1 Å². The van der Waals surface area contributed by atoms with E-state index in [0.717, 1.165) is 16.8 Å². The van der Waals surface area contributed by atoms with Gasteiger partial charge >= 0.3 is 0 Å². The molecule has 110 valence electrons. The average Bonchev–Trinajstić information content (AvgIpc) is 2.45. The highest BCUT2D eigenvalue weighted by molar-refractivity contribution is 6.30. The van der Waals surface area contributed by atoms with Gasteiger partial charge in [0.2, 0.25) is 5.91 Å². The molecular weight excluding hydrogens is 284 g/mol. The van der Waals surface area contributed by atoms with Crippen LogP contribution in [-0.2, 0) is 4.79 Å². The van der Waals surface area contributed by atoms with E-state index in [4.69, 9.17) is 11.6 Å². The lowest BCUT2D eigenvalue weighted by atomic mass is 10.1. The van der Waals surface area contributed by atoms with Gasteiger partial charge in [0.05, 0.1) is 6.54 Å². The predicted octanol–water partition coefficient (Wildman–Crippen LogP) is 3.94. The molecule has 2 N–H and O–H groups in total. The largest absolute Gasteiger partial charge is 0.325 e. The third-order valence-corrected chi connectivity index (χ3v) is 3.45. The number of amides is 1. The van der Waals surface area contributed by atoms with Crippen molar-refractivity contribution in [2.24, 2.45) is 0 Å². The second-order valence-electron chi connectivity index (χ2n) is 5.08. The van der Waals surface area contributed by atoms with E-state index in [1.165, 1.54) is 0 Å². The maximum atomic E-state index is 11.9. The molecule has 4 heteroatoms. The van der Waals surface area contributed by atoms with Gasteiger partial charge in [-0.3, -0.25) is 4.79 Å². The summed E-state index contributed by atoms with van der Waals surface area (Å²) in [5.41, 5.74) is 3.00. The molecule has 2 aromatic rings. The average molecular weight is 303 g/mol. The molecule has 0 unspecified atom stereocenters. The molecule has 0 spiro atoms. The second-order valence-corrected chi connectivity index (χ2v) is 5.51. The van der Waals surface area contributed by atoms with Gasteiger partial charge in [-0.25, -0.2) is 0 Å². The highest BCUT2D eigenvalue weighted by Crippen LogP contribution is 2.17. The van der Waals surface area contributed by atoms with Crippen molar-refractivity contribution in [2.75, 3.05) is 11.9 Å². The van der Waals surface area contributed by atoms with Crippen molar-refractivity contribution in [1.82, 2.24) is 5.32 Å². The fourth-order valence-electron chi connectivity index (χ4n) is 2.07. The molecule has 0 bridgehead atoms. The molecule has 1 amide bonds. The first-order chi connectivity index (χ1) is 10.0. The monoisotopic (exact) mass is 302 g/mol. The number of nitrogens with one attached hydrogen (secondary N) is 2. The Morgan fingerprint density at radius 1 is 1.19 bits per heavy atom. The summed E-state index contributed by atoms with van der Waals surface area (Å²) in [5.74, 6) is -0.0607. The normalized spacial score (nSPS) is 12.0. The summed E-state index contributed by atoms with van der Waals surface area (Å²) in [4.78, 5) is 11.9. The fourth-order valence-corrected chi connectivity index (χ4v) is 2.27. The number of hydrogen-bond donors (Lipinski definition) is 2. The Morgan fingerprint density at radius 3 is 2.67 bits per heavy atom. The zero-order valence-corrected chi connectivity index (χ0v) is 12.9. The standard InChI is InChI=1S/C17H19ClN2O/c1-12-5-3-8-16(9-12)20-17(21)11-19-13(2)14-6-4-7-15(18)10-14/h3-10,13,19H,11H2,1-2H3,(H,20,21)/t13-/m1/s1. The van der Waals surface area contributed by atoms with E-state index in [0.29, 0.717) is 5.02 Å². The minimum atomic E-state index is -0.0607. The number of carbonyl (C=O) groups excluding carboxylic acids is 1. The minimum absolute atomic E-state index is 0.0607.